The Hall–Kier alpha value is -1.62. The number of nitrogens with two attached hydrogens (primary N) is 2. The molecule has 0 bridgehead atoms. The van der Waals surface area contributed by atoms with Crippen molar-refractivity contribution in [2.24, 2.45) is 10.9 Å². The van der Waals surface area contributed by atoms with Gasteiger partial charge in [0, 0.05) is 0 Å². The second-order valence-electron chi connectivity index (χ2n) is 3.99. The van der Waals surface area contributed by atoms with Crippen molar-refractivity contribution in [1.29, 1.82) is 5.26 Å². The molecule has 0 unspecified atom stereocenters. The number of nitrogens with zero attached hydrogens (tertiary/aromatic N) is 1. The van der Waals surface area contributed by atoms with Crippen LogP contribution in [0.1, 0.15) is 19.4 Å². The summed E-state index contributed by atoms with van der Waals surface area (Å²) >= 11 is 0. The Morgan fingerprint density at radius 3 is 2.41 bits per heavy atom. The van der Waals surface area contributed by atoms with Crippen LogP contribution in [0.15, 0.2) is 23.1 Å². The monoisotopic (exact) mass is 255 g/mol. The number of rotatable bonds is 3. The van der Waals surface area contributed by atoms with Crippen molar-refractivity contribution < 1.29 is 13.2 Å². The molecule has 1 aromatic rings. The molecule has 0 radical (unpaired) electrons. The van der Waals surface area contributed by atoms with Gasteiger partial charge in [-0.1, -0.05) is 6.07 Å². The van der Waals surface area contributed by atoms with Crippen LogP contribution in [-0.4, -0.2) is 14.1 Å². The van der Waals surface area contributed by atoms with Crippen LogP contribution in [0.5, 0.6) is 5.75 Å². The minimum absolute atomic E-state index is 0.0894. The van der Waals surface area contributed by atoms with Crippen molar-refractivity contribution in [3.63, 3.8) is 0 Å². The van der Waals surface area contributed by atoms with Crippen molar-refractivity contribution in [3.05, 3.63) is 23.8 Å². The molecule has 17 heavy (non-hydrogen) atoms. The molecule has 0 atom stereocenters. The maximum absolute atomic E-state index is 11.3. The summed E-state index contributed by atoms with van der Waals surface area (Å²) in [7, 11) is -3.97. The predicted octanol–water partition coefficient (Wildman–Crippen LogP) is 0.279. The van der Waals surface area contributed by atoms with Gasteiger partial charge in [0.15, 0.2) is 5.72 Å². The van der Waals surface area contributed by atoms with Crippen molar-refractivity contribution in [2.45, 2.75) is 24.5 Å². The van der Waals surface area contributed by atoms with Gasteiger partial charge in [0.25, 0.3) is 0 Å². The van der Waals surface area contributed by atoms with E-state index in [4.69, 9.17) is 20.9 Å². The Morgan fingerprint density at radius 2 is 2.00 bits per heavy atom. The van der Waals surface area contributed by atoms with Gasteiger partial charge in [-0.05, 0) is 26.0 Å². The summed E-state index contributed by atoms with van der Waals surface area (Å²) in [5.41, 5.74) is 4.47. The Bertz CT molecular complexity index is 567. The van der Waals surface area contributed by atoms with E-state index in [9.17, 15) is 8.42 Å². The van der Waals surface area contributed by atoms with E-state index in [-0.39, 0.29) is 16.2 Å². The van der Waals surface area contributed by atoms with E-state index in [2.05, 4.69) is 0 Å². The van der Waals surface area contributed by atoms with Gasteiger partial charge in [0.1, 0.15) is 22.3 Å². The van der Waals surface area contributed by atoms with Crippen LogP contribution < -0.4 is 15.6 Å². The Morgan fingerprint density at radius 1 is 1.41 bits per heavy atom. The normalized spacial score (nSPS) is 11.9. The van der Waals surface area contributed by atoms with Gasteiger partial charge in [-0.2, -0.15) is 5.26 Å². The zero-order valence-corrected chi connectivity index (χ0v) is 10.3. The average Bonchev–Trinajstić information content (AvgIpc) is 2.13. The fourth-order valence-corrected chi connectivity index (χ4v) is 1.93. The molecule has 0 aromatic heterocycles. The van der Waals surface area contributed by atoms with E-state index >= 15 is 0 Å². The Kier molecular flexibility index (Phi) is 3.43. The average molecular weight is 255 g/mol. The van der Waals surface area contributed by atoms with Crippen LogP contribution in [0.3, 0.4) is 0 Å². The van der Waals surface area contributed by atoms with Crippen molar-refractivity contribution >= 4 is 10.0 Å². The maximum Gasteiger partial charge on any atom is 0.239 e. The van der Waals surface area contributed by atoms with Crippen LogP contribution >= 0.6 is 0 Å². The first kappa shape index (κ1) is 13.4. The molecule has 0 aliphatic heterocycles. The number of ether oxygens (including phenoxy) is 1. The molecular weight excluding hydrogens is 242 g/mol. The molecule has 1 rings (SSSR count). The van der Waals surface area contributed by atoms with Crippen LogP contribution in [0.4, 0.5) is 0 Å². The second-order valence-corrected chi connectivity index (χ2v) is 5.52. The van der Waals surface area contributed by atoms with Crippen molar-refractivity contribution in [3.8, 4) is 11.8 Å². The van der Waals surface area contributed by atoms with Gasteiger partial charge < -0.3 is 4.74 Å². The number of hydrogen-bond donors (Lipinski definition) is 2. The molecule has 0 spiro atoms. The van der Waals surface area contributed by atoms with Gasteiger partial charge >= 0.3 is 0 Å². The molecule has 1 aromatic carbocycles. The van der Waals surface area contributed by atoms with Crippen molar-refractivity contribution in [2.75, 3.05) is 0 Å². The molecule has 0 amide bonds. The number of hydrogen-bond acceptors (Lipinski definition) is 5. The molecule has 6 nitrogen and oxygen atoms in total. The van der Waals surface area contributed by atoms with E-state index in [1.165, 1.54) is 18.2 Å². The lowest BCUT2D eigenvalue weighted by Crippen LogP contribution is -2.39. The lowest BCUT2D eigenvalue weighted by molar-refractivity contribution is 0.116. The Balaban J connectivity index is 3.41. The summed E-state index contributed by atoms with van der Waals surface area (Å²) in [5, 5.41) is 14.0. The summed E-state index contributed by atoms with van der Waals surface area (Å²) in [5.74, 6) is 0.0894. The lowest BCUT2D eigenvalue weighted by atomic mass is 10.2. The van der Waals surface area contributed by atoms with Crippen LogP contribution in [-0.2, 0) is 10.0 Å². The second kappa shape index (κ2) is 4.33. The molecule has 7 heteroatoms. The predicted molar refractivity (Wildman–Crippen MR) is 61.4 cm³/mol. The highest BCUT2D eigenvalue weighted by molar-refractivity contribution is 7.89. The van der Waals surface area contributed by atoms with E-state index in [1.54, 1.807) is 19.9 Å². The van der Waals surface area contributed by atoms with E-state index in [1.807, 2.05) is 0 Å². The third kappa shape index (κ3) is 3.42. The minimum Gasteiger partial charge on any atom is -0.472 e. The molecule has 92 valence electrons. The van der Waals surface area contributed by atoms with E-state index in [0.29, 0.717) is 0 Å². The van der Waals surface area contributed by atoms with Crippen molar-refractivity contribution in [1.82, 2.24) is 0 Å². The van der Waals surface area contributed by atoms with Crippen LogP contribution in [0.25, 0.3) is 0 Å². The summed E-state index contributed by atoms with van der Waals surface area (Å²) < 4.78 is 27.8. The highest BCUT2D eigenvalue weighted by Gasteiger charge is 2.21. The molecule has 0 aliphatic carbocycles. The summed E-state index contributed by atoms with van der Waals surface area (Å²) in [6, 6.07) is 5.89. The topological polar surface area (TPSA) is 119 Å². The third-order valence-corrected chi connectivity index (χ3v) is 2.73. The van der Waals surface area contributed by atoms with Crippen LogP contribution in [0.2, 0.25) is 0 Å². The van der Waals surface area contributed by atoms with Gasteiger partial charge in [-0.15, -0.1) is 0 Å². The highest BCUT2D eigenvalue weighted by Crippen LogP contribution is 2.26. The van der Waals surface area contributed by atoms with Gasteiger partial charge in [0.2, 0.25) is 10.0 Å². The zero-order valence-electron chi connectivity index (χ0n) is 9.47. The molecule has 0 aliphatic rings. The smallest absolute Gasteiger partial charge is 0.239 e. The molecular formula is C10H13N3O3S. The van der Waals surface area contributed by atoms with Gasteiger partial charge in [0.05, 0.1) is 0 Å². The quantitative estimate of drug-likeness (QED) is 0.752. The van der Waals surface area contributed by atoms with E-state index in [0.717, 1.165) is 0 Å². The van der Waals surface area contributed by atoms with Crippen LogP contribution in [0, 0.1) is 11.3 Å². The SMILES string of the molecule is CC(C)(N)Oc1cccc(S(N)(=O)=O)c1C#N. The lowest BCUT2D eigenvalue weighted by Gasteiger charge is -2.22. The fourth-order valence-electron chi connectivity index (χ4n) is 1.23. The minimum atomic E-state index is -3.97. The number of benzene rings is 1. The van der Waals surface area contributed by atoms with E-state index < -0.39 is 15.7 Å². The summed E-state index contributed by atoms with van der Waals surface area (Å²) in [6.07, 6.45) is 0. The summed E-state index contributed by atoms with van der Waals surface area (Å²) in [6.45, 7) is 3.16. The molecule has 0 fully saturated rings. The maximum atomic E-state index is 11.3. The van der Waals surface area contributed by atoms with Gasteiger partial charge in [-0.3, -0.25) is 5.73 Å². The Labute approximate surface area is 99.8 Å². The summed E-state index contributed by atoms with van der Waals surface area (Å²) in [4.78, 5) is -0.276. The first-order valence-electron chi connectivity index (χ1n) is 4.69. The van der Waals surface area contributed by atoms with Gasteiger partial charge in [-0.25, -0.2) is 13.6 Å². The largest absolute Gasteiger partial charge is 0.472 e. The first-order chi connectivity index (χ1) is 7.65. The highest BCUT2D eigenvalue weighted by atomic mass is 32.2. The number of sulfonamides is 1. The standard InChI is InChI=1S/C10H13N3O3S/c1-10(2,12)16-8-4-3-5-9(7(8)6-11)17(13,14)15/h3-5H,12H2,1-2H3,(H2,13,14,15). The molecule has 0 saturated heterocycles. The molecule has 4 N–H and O–H groups in total. The zero-order chi connectivity index (χ0) is 13.3. The first-order valence-corrected chi connectivity index (χ1v) is 6.23. The molecule has 0 heterocycles. The number of nitriles is 1. The number of primary sulfonamides is 1. The molecule has 0 saturated carbocycles. The third-order valence-electron chi connectivity index (χ3n) is 1.78. The fraction of sp³-hybridized carbons (Fsp3) is 0.300.